The summed E-state index contributed by atoms with van der Waals surface area (Å²) in [6.45, 7) is 0. The van der Waals surface area contributed by atoms with Crippen LogP contribution < -0.4 is 0 Å². The molecule has 0 N–H and O–H groups in total. The number of carbonyl (C=O) groups excluding carboxylic acids is 1. The van der Waals surface area contributed by atoms with Crippen molar-refractivity contribution >= 4 is 28.5 Å². The fourth-order valence-corrected chi connectivity index (χ4v) is 2.75. The molecule has 0 unspecified atom stereocenters. The summed E-state index contributed by atoms with van der Waals surface area (Å²) in [7, 11) is 0. The van der Waals surface area contributed by atoms with E-state index in [9.17, 15) is 13.6 Å². The Morgan fingerprint density at radius 1 is 1.10 bits per heavy atom. The predicted octanol–water partition coefficient (Wildman–Crippen LogP) is 4.69. The number of benzene rings is 2. The largest absolute Gasteiger partial charge is 0.453 e. The van der Waals surface area contributed by atoms with Crippen molar-refractivity contribution in [2.24, 2.45) is 0 Å². The second-order valence-electron chi connectivity index (χ2n) is 4.44. The molecule has 21 heavy (non-hydrogen) atoms. The quantitative estimate of drug-likeness (QED) is 0.517. The molecule has 0 saturated carbocycles. The highest BCUT2D eigenvalue weighted by molar-refractivity contribution is 8.00. The van der Waals surface area contributed by atoms with Gasteiger partial charge in [0.2, 0.25) is 5.78 Å². The Bertz CT molecular complexity index is 778. The Morgan fingerprint density at radius 3 is 2.71 bits per heavy atom. The Labute approximate surface area is 123 Å². The van der Waals surface area contributed by atoms with Crippen LogP contribution in [0.1, 0.15) is 10.6 Å². The summed E-state index contributed by atoms with van der Waals surface area (Å²) < 4.78 is 32.0. The van der Waals surface area contributed by atoms with Crippen LogP contribution in [0, 0.1) is 11.6 Å². The zero-order chi connectivity index (χ0) is 14.8. The maximum Gasteiger partial charge on any atom is 0.208 e. The van der Waals surface area contributed by atoms with Crippen LogP contribution in [0.3, 0.4) is 0 Å². The third-order valence-corrected chi connectivity index (χ3v) is 3.98. The van der Waals surface area contributed by atoms with Crippen molar-refractivity contribution in [3.8, 4) is 0 Å². The molecule has 0 aliphatic heterocycles. The third-order valence-electron chi connectivity index (χ3n) is 2.95. The van der Waals surface area contributed by atoms with Gasteiger partial charge >= 0.3 is 0 Å². The van der Waals surface area contributed by atoms with Gasteiger partial charge in [0.1, 0.15) is 17.2 Å². The number of hydrogen-bond acceptors (Lipinski definition) is 3. The molecule has 1 heterocycles. The van der Waals surface area contributed by atoms with Gasteiger partial charge in [-0.2, -0.15) is 0 Å². The zero-order valence-corrected chi connectivity index (χ0v) is 11.6. The molecule has 0 spiro atoms. The van der Waals surface area contributed by atoms with Crippen LogP contribution >= 0.6 is 11.8 Å². The zero-order valence-electron chi connectivity index (χ0n) is 10.8. The molecule has 3 aromatic rings. The van der Waals surface area contributed by atoms with Crippen LogP contribution in [0.2, 0.25) is 0 Å². The lowest BCUT2D eigenvalue weighted by Crippen LogP contribution is -2.00. The molecule has 2 aromatic carbocycles. The lowest BCUT2D eigenvalue weighted by Gasteiger charge is -2.01. The summed E-state index contributed by atoms with van der Waals surface area (Å²) in [4.78, 5) is 12.2. The number of halogens is 2. The number of hydrogen-bond donors (Lipinski definition) is 0. The summed E-state index contributed by atoms with van der Waals surface area (Å²) in [5, 5.41) is 0.836. The monoisotopic (exact) mass is 304 g/mol. The fourth-order valence-electron chi connectivity index (χ4n) is 1.92. The summed E-state index contributed by atoms with van der Waals surface area (Å²) in [5.74, 6) is -1.13. The fraction of sp³-hybridized carbons (Fsp3) is 0.0625. The van der Waals surface area contributed by atoms with Crippen LogP contribution in [0.25, 0.3) is 11.0 Å². The van der Waals surface area contributed by atoms with Gasteiger partial charge in [-0.15, -0.1) is 11.8 Å². The van der Waals surface area contributed by atoms with Crippen LogP contribution in [0.4, 0.5) is 8.78 Å². The van der Waals surface area contributed by atoms with E-state index < -0.39 is 11.6 Å². The number of fused-ring (bicyclic) bond motifs is 1. The highest BCUT2D eigenvalue weighted by Gasteiger charge is 2.14. The van der Waals surface area contributed by atoms with E-state index in [4.69, 9.17) is 4.42 Å². The van der Waals surface area contributed by atoms with Gasteiger partial charge in [0, 0.05) is 10.3 Å². The predicted molar refractivity (Wildman–Crippen MR) is 77.6 cm³/mol. The Balaban J connectivity index is 1.75. The Morgan fingerprint density at radius 2 is 1.90 bits per heavy atom. The summed E-state index contributed by atoms with van der Waals surface area (Å²) in [5.41, 5.74) is 0.628. The van der Waals surface area contributed by atoms with Crippen molar-refractivity contribution < 1.29 is 18.0 Å². The van der Waals surface area contributed by atoms with Crippen LogP contribution in [0.15, 0.2) is 57.8 Å². The summed E-state index contributed by atoms with van der Waals surface area (Å²) >= 11 is 0.950. The van der Waals surface area contributed by atoms with Crippen LogP contribution in [-0.2, 0) is 0 Å². The first-order valence-electron chi connectivity index (χ1n) is 6.23. The minimum Gasteiger partial charge on any atom is -0.453 e. The van der Waals surface area contributed by atoms with Crippen molar-refractivity contribution in [1.29, 1.82) is 0 Å². The van der Waals surface area contributed by atoms with E-state index in [0.717, 1.165) is 35.3 Å². The van der Waals surface area contributed by atoms with Crippen molar-refractivity contribution in [2.75, 3.05) is 5.75 Å². The van der Waals surface area contributed by atoms with E-state index in [0.29, 0.717) is 5.58 Å². The van der Waals surface area contributed by atoms with Gasteiger partial charge in [-0.05, 0) is 30.3 Å². The maximum absolute atomic E-state index is 13.5. The number of ketones is 1. The van der Waals surface area contributed by atoms with E-state index in [1.54, 1.807) is 12.1 Å². The van der Waals surface area contributed by atoms with Gasteiger partial charge in [0.25, 0.3) is 0 Å². The van der Waals surface area contributed by atoms with E-state index in [1.807, 2.05) is 18.2 Å². The second kappa shape index (κ2) is 5.69. The van der Waals surface area contributed by atoms with E-state index in [-0.39, 0.29) is 22.2 Å². The minimum atomic E-state index is -0.543. The Kier molecular flexibility index (Phi) is 3.75. The van der Waals surface area contributed by atoms with E-state index in [1.165, 1.54) is 0 Å². The lowest BCUT2D eigenvalue weighted by molar-refractivity contribution is 0.0994. The van der Waals surface area contributed by atoms with Gasteiger partial charge in [0.05, 0.1) is 5.75 Å². The average molecular weight is 304 g/mol. The van der Waals surface area contributed by atoms with Crippen molar-refractivity contribution in [3.05, 3.63) is 65.9 Å². The molecule has 0 atom stereocenters. The van der Waals surface area contributed by atoms with Gasteiger partial charge in [-0.25, -0.2) is 8.78 Å². The van der Waals surface area contributed by atoms with Gasteiger partial charge in [-0.3, -0.25) is 4.79 Å². The highest BCUT2D eigenvalue weighted by atomic mass is 32.2. The van der Waals surface area contributed by atoms with Crippen molar-refractivity contribution in [1.82, 2.24) is 0 Å². The standard InChI is InChI=1S/C16H10F2O2S/c17-11-5-6-12(18)16(8-11)21-9-13(19)15-7-10-3-1-2-4-14(10)20-15/h1-8H,9H2. The Hall–Kier alpha value is -2.14. The number of Topliss-reactive ketones (excluding diaryl/α,β-unsaturated/α-hetero) is 1. The molecule has 0 aliphatic rings. The highest BCUT2D eigenvalue weighted by Crippen LogP contribution is 2.25. The van der Waals surface area contributed by atoms with Crippen molar-refractivity contribution in [3.63, 3.8) is 0 Å². The van der Waals surface area contributed by atoms with Crippen molar-refractivity contribution in [2.45, 2.75) is 4.90 Å². The molecule has 1 aromatic heterocycles. The maximum atomic E-state index is 13.5. The second-order valence-corrected chi connectivity index (χ2v) is 5.45. The molecule has 2 nitrogen and oxygen atoms in total. The molecular formula is C16H10F2O2S. The van der Waals surface area contributed by atoms with E-state index in [2.05, 4.69) is 0 Å². The first-order chi connectivity index (χ1) is 10.1. The molecule has 0 aliphatic carbocycles. The van der Waals surface area contributed by atoms with Gasteiger partial charge < -0.3 is 4.42 Å². The third kappa shape index (κ3) is 2.97. The molecular weight excluding hydrogens is 294 g/mol. The van der Waals surface area contributed by atoms with Crippen LogP contribution in [-0.4, -0.2) is 11.5 Å². The number of thioether (sulfide) groups is 1. The summed E-state index contributed by atoms with van der Waals surface area (Å²) in [6, 6.07) is 12.1. The topological polar surface area (TPSA) is 30.2 Å². The molecule has 106 valence electrons. The average Bonchev–Trinajstić information content (AvgIpc) is 2.92. The first-order valence-corrected chi connectivity index (χ1v) is 7.22. The van der Waals surface area contributed by atoms with E-state index >= 15 is 0 Å². The normalized spacial score (nSPS) is 11.0. The van der Waals surface area contributed by atoms with Crippen LogP contribution in [0.5, 0.6) is 0 Å². The number of furan rings is 1. The molecule has 0 fully saturated rings. The molecule has 0 radical (unpaired) electrons. The van der Waals surface area contributed by atoms with Gasteiger partial charge in [-0.1, -0.05) is 18.2 Å². The molecule has 0 saturated heterocycles. The smallest absolute Gasteiger partial charge is 0.208 e. The molecule has 3 rings (SSSR count). The molecule has 5 heteroatoms. The number of carbonyl (C=O) groups is 1. The molecule has 0 bridgehead atoms. The summed E-state index contributed by atoms with van der Waals surface area (Å²) in [6.07, 6.45) is 0. The lowest BCUT2D eigenvalue weighted by atomic mass is 10.2. The first kappa shape index (κ1) is 13.8. The minimum absolute atomic E-state index is 0.0137. The number of para-hydroxylation sites is 1. The SMILES string of the molecule is O=C(CSc1cc(F)ccc1F)c1cc2ccccc2o1. The van der Waals surface area contributed by atoms with Gasteiger partial charge in [0.15, 0.2) is 5.76 Å². The number of rotatable bonds is 4. The molecule has 0 amide bonds.